The summed E-state index contributed by atoms with van der Waals surface area (Å²) in [5, 5.41) is 2.62. The summed E-state index contributed by atoms with van der Waals surface area (Å²) in [5.74, 6) is -0.936. The number of hydrogen-bond acceptors (Lipinski definition) is 5. The number of benzene rings is 1. The monoisotopic (exact) mass is 470 g/mol. The molecule has 2 aromatic rings. The topological polar surface area (TPSA) is 66.5 Å². The summed E-state index contributed by atoms with van der Waals surface area (Å²) in [6.07, 6.45) is 1.68. The molecule has 26 heavy (non-hydrogen) atoms. The number of carbonyl (C=O) groups is 3. The summed E-state index contributed by atoms with van der Waals surface area (Å²) in [7, 11) is 0. The van der Waals surface area contributed by atoms with Gasteiger partial charge < -0.3 is 5.32 Å². The number of nitrogens with zero attached hydrogens (tertiary/aromatic N) is 1. The van der Waals surface area contributed by atoms with E-state index in [-0.39, 0.29) is 6.54 Å². The molecule has 134 valence electrons. The number of thioether (sulfide) groups is 1. The molecular weight excluding hydrogens is 460 g/mol. The standard InChI is InChI=1S/C17H12BrClN2O3S2/c1-9-2-4-11(25-9)7-14-16(23)21(17(24)26-14)8-15(22)20-10-3-5-12(18)13(19)6-10/h2-7H,8H2,1H3,(H,20,22)/b14-7+. The second-order valence-corrected chi connectivity index (χ2v) is 8.97. The zero-order valence-corrected chi connectivity index (χ0v) is 17.4. The number of carbonyl (C=O) groups excluding carboxylic acids is 3. The molecule has 0 spiro atoms. The van der Waals surface area contributed by atoms with Gasteiger partial charge in [0.15, 0.2) is 0 Å². The first kappa shape index (κ1) is 19.2. The molecule has 0 bridgehead atoms. The predicted molar refractivity (Wildman–Crippen MR) is 110 cm³/mol. The van der Waals surface area contributed by atoms with Gasteiger partial charge in [0, 0.05) is 19.9 Å². The van der Waals surface area contributed by atoms with Crippen LogP contribution in [0.5, 0.6) is 0 Å². The second kappa shape index (κ2) is 7.96. The fraction of sp³-hybridized carbons (Fsp3) is 0.118. The van der Waals surface area contributed by atoms with Crippen LogP contribution in [0.2, 0.25) is 5.02 Å². The van der Waals surface area contributed by atoms with E-state index in [1.165, 1.54) is 11.3 Å². The average Bonchev–Trinajstić information content (AvgIpc) is 3.09. The lowest BCUT2D eigenvalue weighted by atomic mass is 10.3. The quantitative estimate of drug-likeness (QED) is 0.627. The van der Waals surface area contributed by atoms with E-state index in [2.05, 4.69) is 21.2 Å². The largest absolute Gasteiger partial charge is 0.324 e. The van der Waals surface area contributed by atoms with Gasteiger partial charge in [0.05, 0.1) is 9.93 Å². The van der Waals surface area contributed by atoms with Gasteiger partial charge in [-0.3, -0.25) is 19.3 Å². The summed E-state index contributed by atoms with van der Waals surface area (Å²) in [6.45, 7) is 1.62. The Morgan fingerprint density at radius 1 is 1.31 bits per heavy atom. The van der Waals surface area contributed by atoms with Gasteiger partial charge in [-0.25, -0.2) is 0 Å². The van der Waals surface area contributed by atoms with Gasteiger partial charge in [0.1, 0.15) is 6.54 Å². The molecule has 1 N–H and O–H groups in total. The highest BCUT2D eigenvalue weighted by Gasteiger charge is 2.36. The van der Waals surface area contributed by atoms with Crippen molar-refractivity contribution in [2.24, 2.45) is 0 Å². The lowest BCUT2D eigenvalue weighted by Gasteiger charge is -2.12. The van der Waals surface area contributed by atoms with Gasteiger partial charge >= 0.3 is 0 Å². The summed E-state index contributed by atoms with van der Waals surface area (Å²) < 4.78 is 0.706. The zero-order chi connectivity index (χ0) is 18.8. The third kappa shape index (κ3) is 4.37. The first-order chi connectivity index (χ1) is 12.3. The molecule has 2 heterocycles. The first-order valence-electron chi connectivity index (χ1n) is 7.40. The third-order valence-electron chi connectivity index (χ3n) is 3.41. The van der Waals surface area contributed by atoms with Gasteiger partial charge in [0.25, 0.3) is 11.1 Å². The number of rotatable bonds is 4. The van der Waals surface area contributed by atoms with E-state index < -0.39 is 17.1 Å². The van der Waals surface area contributed by atoms with Crippen LogP contribution in [0, 0.1) is 6.92 Å². The molecule has 1 aromatic carbocycles. The molecule has 3 rings (SSSR count). The lowest BCUT2D eigenvalue weighted by molar-refractivity contribution is -0.127. The molecule has 0 unspecified atom stereocenters. The molecular formula is C17H12BrClN2O3S2. The van der Waals surface area contributed by atoms with E-state index in [9.17, 15) is 14.4 Å². The zero-order valence-electron chi connectivity index (χ0n) is 13.4. The third-order valence-corrected chi connectivity index (χ3v) is 6.50. The summed E-state index contributed by atoms with van der Waals surface area (Å²) in [4.78, 5) is 40.0. The van der Waals surface area contributed by atoms with E-state index in [1.807, 2.05) is 19.1 Å². The molecule has 0 aliphatic carbocycles. The average molecular weight is 472 g/mol. The summed E-state index contributed by atoms with van der Waals surface area (Å²) >= 11 is 11.6. The number of thiophene rings is 1. The molecule has 1 saturated heterocycles. The minimum absolute atomic E-state index is 0.316. The number of nitrogens with one attached hydrogen (secondary N) is 1. The van der Waals surface area contributed by atoms with Crippen LogP contribution in [0.3, 0.4) is 0 Å². The van der Waals surface area contributed by atoms with E-state index >= 15 is 0 Å². The van der Waals surface area contributed by atoms with E-state index in [0.717, 1.165) is 26.4 Å². The number of amides is 3. The highest BCUT2D eigenvalue weighted by Crippen LogP contribution is 2.33. The Labute approximate surface area is 171 Å². The lowest BCUT2D eigenvalue weighted by Crippen LogP contribution is -2.36. The van der Waals surface area contributed by atoms with Crippen LogP contribution < -0.4 is 5.32 Å². The van der Waals surface area contributed by atoms with Gasteiger partial charge in [0.2, 0.25) is 5.91 Å². The van der Waals surface area contributed by atoms with E-state index in [0.29, 0.717) is 20.1 Å². The number of imide groups is 1. The van der Waals surface area contributed by atoms with Crippen molar-refractivity contribution in [3.63, 3.8) is 0 Å². The van der Waals surface area contributed by atoms with Crippen molar-refractivity contribution in [2.45, 2.75) is 6.92 Å². The highest BCUT2D eigenvalue weighted by atomic mass is 79.9. The van der Waals surface area contributed by atoms with Gasteiger partial charge in [-0.1, -0.05) is 11.6 Å². The number of anilines is 1. The van der Waals surface area contributed by atoms with Gasteiger partial charge in [-0.15, -0.1) is 11.3 Å². The van der Waals surface area contributed by atoms with Gasteiger partial charge in [-0.05, 0) is 71.0 Å². The highest BCUT2D eigenvalue weighted by molar-refractivity contribution is 9.10. The van der Waals surface area contributed by atoms with Crippen molar-refractivity contribution in [3.8, 4) is 0 Å². The van der Waals surface area contributed by atoms with Crippen molar-refractivity contribution in [1.29, 1.82) is 0 Å². The summed E-state index contributed by atoms with van der Waals surface area (Å²) in [6, 6.07) is 8.77. The normalized spacial score (nSPS) is 15.8. The van der Waals surface area contributed by atoms with E-state index in [1.54, 1.807) is 24.3 Å². The van der Waals surface area contributed by atoms with Crippen LogP contribution >= 0.6 is 50.6 Å². The van der Waals surface area contributed by atoms with Crippen LogP contribution in [-0.2, 0) is 9.59 Å². The van der Waals surface area contributed by atoms with Crippen LogP contribution in [0.1, 0.15) is 9.75 Å². The molecule has 1 aromatic heterocycles. The maximum Gasteiger partial charge on any atom is 0.294 e. The van der Waals surface area contributed by atoms with Crippen molar-refractivity contribution in [2.75, 3.05) is 11.9 Å². The number of halogens is 2. The molecule has 5 nitrogen and oxygen atoms in total. The first-order valence-corrected chi connectivity index (χ1v) is 10.2. The van der Waals surface area contributed by atoms with Crippen LogP contribution in [0.15, 0.2) is 39.7 Å². The Morgan fingerprint density at radius 3 is 2.73 bits per heavy atom. The molecule has 1 aliphatic rings. The van der Waals surface area contributed by atoms with Crippen molar-refractivity contribution in [3.05, 3.63) is 54.5 Å². The van der Waals surface area contributed by atoms with Crippen LogP contribution in [0.25, 0.3) is 6.08 Å². The van der Waals surface area contributed by atoms with Crippen LogP contribution in [-0.4, -0.2) is 28.5 Å². The molecule has 0 saturated carbocycles. The smallest absolute Gasteiger partial charge is 0.294 e. The fourth-order valence-electron chi connectivity index (χ4n) is 2.21. The minimum Gasteiger partial charge on any atom is -0.324 e. The number of hydrogen-bond donors (Lipinski definition) is 1. The van der Waals surface area contributed by atoms with Crippen molar-refractivity contribution >= 4 is 79.4 Å². The SMILES string of the molecule is Cc1ccc(/C=C2/SC(=O)N(CC(=O)Nc3ccc(Br)c(Cl)c3)C2=O)s1. The van der Waals surface area contributed by atoms with Gasteiger partial charge in [-0.2, -0.15) is 0 Å². The van der Waals surface area contributed by atoms with Crippen molar-refractivity contribution in [1.82, 2.24) is 4.90 Å². The Hall–Kier alpha value is -1.61. The molecule has 0 radical (unpaired) electrons. The Morgan fingerprint density at radius 2 is 2.08 bits per heavy atom. The molecule has 1 fully saturated rings. The van der Waals surface area contributed by atoms with Crippen molar-refractivity contribution < 1.29 is 14.4 Å². The maximum absolute atomic E-state index is 12.4. The van der Waals surface area contributed by atoms with Crippen LogP contribution in [0.4, 0.5) is 10.5 Å². The number of aryl methyl sites for hydroxylation is 1. The summed E-state index contributed by atoms with van der Waals surface area (Å²) in [5.41, 5.74) is 0.486. The van der Waals surface area contributed by atoms with E-state index in [4.69, 9.17) is 11.6 Å². The molecule has 9 heteroatoms. The Kier molecular flexibility index (Phi) is 5.86. The minimum atomic E-state index is -0.473. The fourth-order valence-corrected chi connectivity index (χ4v) is 4.37. The second-order valence-electron chi connectivity index (χ2n) is 5.39. The molecule has 3 amide bonds. The maximum atomic E-state index is 12.4. The molecule has 0 atom stereocenters. The molecule has 1 aliphatic heterocycles. The Balaban J connectivity index is 1.68. The Bertz CT molecular complexity index is 942. The predicted octanol–water partition coefficient (Wildman–Crippen LogP) is 5.15.